The van der Waals surface area contributed by atoms with Gasteiger partial charge in [-0.1, -0.05) is 23.7 Å². The Hall–Kier alpha value is -1.37. The Balaban J connectivity index is 1.91. The number of hydrogen-bond donors (Lipinski definition) is 1. The van der Waals surface area contributed by atoms with Crippen molar-refractivity contribution in [3.63, 3.8) is 0 Å². The van der Waals surface area contributed by atoms with Gasteiger partial charge in [0.2, 0.25) is 10.0 Å². The fourth-order valence-electron chi connectivity index (χ4n) is 2.11. The number of sulfonamides is 1. The molecule has 2 aromatic rings. The van der Waals surface area contributed by atoms with Crippen molar-refractivity contribution in [1.29, 1.82) is 0 Å². The molecular weight excluding hydrogens is 310 g/mol. The summed E-state index contributed by atoms with van der Waals surface area (Å²) >= 11 is 5.85. The van der Waals surface area contributed by atoms with Crippen LogP contribution in [0, 0.1) is 13.8 Å². The fraction of sp³-hybridized carbons (Fsp3) is 0.357. The van der Waals surface area contributed by atoms with Crippen LogP contribution in [0.2, 0.25) is 5.02 Å². The Morgan fingerprint density at radius 3 is 2.67 bits per heavy atom. The predicted molar refractivity (Wildman–Crippen MR) is 83.8 cm³/mol. The molecule has 0 fully saturated rings. The van der Waals surface area contributed by atoms with Gasteiger partial charge in [0.15, 0.2) is 0 Å². The molecule has 0 radical (unpaired) electrons. The van der Waals surface area contributed by atoms with Crippen LogP contribution < -0.4 is 4.72 Å². The summed E-state index contributed by atoms with van der Waals surface area (Å²) in [5.74, 6) is -0.0787. The first-order chi connectivity index (χ1) is 9.85. The van der Waals surface area contributed by atoms with E-state index in [0.29, 0.717) is 23.7 Å². The lowest BCUT2D eigenvalue weighted by Gasteiger charge is -2.08. The molecule has 0 saturated heterocycles. The van der Waals surface area contributed by atoms with E-state index in [2.05, 4.69) is 9.82 Å². The van der Waals surface area contributed by atoms with Crippen molar-refractivity contribution in [1.82, 2.24) is 14.5 Å². The Bertz CT molecular complexity index is 726. The van der Waals surface area contributed by atoms with Gasteiger partial charge in [0.1, 0.15) is 0 Å². The van der Waals surface area contributed by atoms with Gasteiger partial charge >= 0.3 is 0 Å². The molecule has 1 N–H and O–H groups in total. The topological polar surface area (TPSA) is 64.0 Å². The molecule has 0 saturated carbocycles. The molecule has 0 atom stereocenters. The smallest absolute Gasteiger partial charge is 0.215 e. The minimum atomic E-state index is -3.38. The third-order valence-electron chi connectivity index (χ3n) is 2.99. The molecule has 0 aliphatic rings. The van der Waals surface area contributed by atoms with E-state index in [1.54, 1.807) is 28.9 Å². The summed E-state index contributed by atoms with van der Waals surface area (Å²) in [6, 6.07) is 8.81. The van der Waals surface area contributed by atoms with Crippen LogP contribution in [0.5, 0.6) is 0 Å². The monoisotopic (exact) mass is 327 g/mol. The summed E-state index contributed by atoms with van der Waals surface area (Å²) in [5.41, 5.74) is 2.61. The summed E-state index contributed by atoms with van der Waals surface area (Å²) in [6.45, 7) is 4.67. The molecule has 0 bridgehead atoms. The zero-order valence-corrected chi connectivity index (χ0v) is 13.6. The van der Waals surface area contributed by atoms with E-state index in [4.69, 9.17) is 11.6 Å². The summed E-state index contributed by atoms with van der Waals surface area (Å²) in [4.78, 5) is 0. The maximum atomic E-state index is 12.0. The van der Waals surface area contributed by atoms with Crippen LogP contribution in [0.15, 0.2) is 30.3 Å². The van der Waals surface area contributed by atoms with Gasteiger partial charge in [-0.05, 0) is 37.6 Å². The minimum Gasteiger partial charge on any atom is -0.268 e. The second kappa shape index (κ2) is 6.60. The standard InChI is InChI=1S/C14H18ClN3O2S/c1-11-8-12(2)18(17-11)7-6-16-21(19,20)10-13-4-3-5-14(15)9-13/h3-5,8-9,16H,6-7,10H2,1-2H3. The lowest BCUT2D eigenvalue weighted by molar-refractivity contribution is 0.554. The van der Waals surface area contributed by atoms with E-state index in [0.717, 1.165) is 11.4 Å². The maximum absolute atomic E-state index is 12.0. The van der Waals surface area contributed by atoms with E-state index in [-0.39, 0.29) is 5.75 Å². The first kappa shape index (κ1) is 16.0. The fourth-order valence-corrected chi connectivity index (χ4v) is 3.44. The highest BCUT2D eigenvalue weighted by Gasteiger charge is 2.11. The molecule has 1 aromatic carbocycles. The zero-order valence-electron chi connectivity index (χ0n) is 12.0. The molecule has 2 rings (SSSR count). The van der Waals surface area contributed by atoms with Crippen LogP contribution in [0.25, 0.3) is 0 Å². The molecule has 7 heteroatoms. The Morgan fingerprint density at radius 1 is 1.29 bits per heavy atom. The van der Waals surface area contributed by atoms with Crippen molar-refractivity contribution in [2.45, 2.75) is 26.1 Å². The number of nitrogens with zero attached hydrogens (tertiary/aromatic N) is 2. The van der Waals surface area contributed by atoms with E-state index < -0.39 is 10.0 Å². The summed E-state index contributed by atoms with van der Waals surface area (Å²) < 4.78 is 28.4. The summed E-state index contributed by atoms with van der Waals surface area (Å²) in [6.07, 6.45) is 0. The minimum absolute atomic E-state index is 0.0787. The van der Waals surface area contributed by atoms with Crippen LogP contribution in [0.1, 0.15) is 17.0 Å². The summed E-state index contributed by atoms with van der Waals surface area (Å²) in [5, 5.41) is 4.82. The van der Waals surface area contributed by atoms with E-state index in [1.165, 1.54) is 0 Å². The number of aromatic nitrogens is 2. The van der Waals surface area contributed by atoms with Crippen molar-refractivity contribution in [3.8, 4) is 0 Å². The molecule has 0 aliphatic heterocycles. The van der Waals surface area contributed by atoms with Crippen molar-refractivity contribution in [3.05, 3.63) is 52.3 Å². The van der Waals surface area contributed by atoms with Gasteiger partial charge in [0.25, 0.3) is 0 Å². The maximum Gasteiger partial charge on any atom is 0.215 e. The van der Waals surface area contributed by atoms with Gasteiger partial charge in [-0.2, -0.15) is 5.10 Å². The van der Waals surface area contributed by atoms with Gasteiger partial charge in [-0.3, -0.25) is 4.68 Å². The molecule has 0 spiro atoms. The Kier molecular flexibility index (Phi) is 5.03. The molecule has 0 aliphatic carbocycles. The van der Waals surface area contributed by atoms with Crippen LogP contribution >= 0.6 is 11.6 Å². The highest BCUT2D eigenvalue weighted by molar-refractivity contribution is 7.88. The first-order valence-corrected chi connectivity index (χ1v) is 8.61. The number of halogens is 1. The van der Waals surface area contributed by atoms with Crippen molar-refractivity contribution in [2.24, 2.45) is 0 Å². The molecule has 0 unspecified atom stereocenters. The van der Waals surface area contributed by atoms with Crippen molar-refractivity contribution < 1.29 is 8.42 Å². The largest absolute Gasteiger partial charge is 0.268 e. The average Bonchev–Trinajstić information content (AvgIpc) is 2.67. The van der Waals surface area contributed by atoms with E-state index >= 15 is 0 Å². The van der Waals surface area contributed by atoms with Crippen LogP contribution in [-0.2, 0) is 22.3 Å². The average molecular weight is 328 g/mol. The van der Waals surface area contributed by atoms with Gasteiger partial charge in [-0.25, -0.2) is 13.1 Å². The molecule has 0 amide bonds. The number of nitrogens with one attached hydrogen (secondary N) is 1. The number of benzene rings is 1. The van der Waals surface area contributed by atoms with Gasteiger partial charge in [0.05, 0.1) is 18.0 Å². The number of hydrogen-bond acceptors (Lipinski definition) is 3. The lowest BCUT2D eigenvalue weighted by Crippen LogP contribution is -2.29. The van der Waals surface area contributed by atoms with Gasteiger partial charge < -0.3 is 0 Å². The lowest BCUT2D eigenvalue weighted by atomic mass is 10.2. The van der Waals surface area contributed by atoms with Crippen molar-refractivity contribution in [2.75, 3.05) is 6.54 Å². The first-order valence-electron chi connectivity index (χ1n) is 6.58. The van der Waals surface area contributed by atoms with Gasteiger partial charge in [-0.15, -0.1) is 0 Å². The molecule has 21 heavy (non-hydrogen) atoms. The predicted octanol–water partition coefficient (Wildman–Crippen LogP) is 2.27. The molecule has 114 valence electrons. The van der Waals surface area contributed by atoms with E-state index in [9.17, 15) is 8.42 Å². The van der Waals surface area contributed by atoms with Crippen LogP contribution in [0.3, 0.4) is 0 Å². The Labute approximate surface area is 130 Å². The third kappa shape index (κ3) is 4.84. The van der Waals surface area contributed by atoms with Gasteiger partial charge in [0, 0.05) is 17.3 Å². The number of aryl methyl sites for hydroxylation is 2. The van der Waals surface area contributed by atoms with E-state index in [1.807, 2.05) is 19.9 Å². The normalized spacial score (nSPS) is 11.8. The summed E-state index contributed by atoms with van der Waals surface area (Å²) in [7, 11) is -3.38. The Morgan fingerprint density at radius 2 is 2.05 bits per heavy atom. The van der Waals surface area contributed by atoms with Crippen LogP contribution in [0.4, 0.5) is 0 Å². The molecule has 1 aromatic heterocycles. The SMILES string of the molecule is Cc1cc(C)n(CCNS(=O)(=O)Cc2cccc(Cl)c2)n1. The third-order valence-corrected chi connectivity index (χ3v) is 4.59. The highest BCUT2D eigenvalue weighted by Crippen LogP contribution is 2.12. The van der Waals surface area contributed by atoms with Crippen molar-refractivity contribution >= 4 is 21.6 Å². The second-order valence-corrected chi connectivity index (χ2v) is 7.18. The molecule has 1 heterocycles. The van der Waals surface area contributed by atoms with Crippen LogP contribution in [-0.4, -0.2) is 24.7 Å². The molecule has 5 nitrogen and oxygen atoms in total. The molecular formula is C14H18ClN3O2S. The quantitative estimate of drug-likeness (QED) is 0.885. The number of rotatable bonds is 6. The highest BCUT2D eigenvalue weighted by atomic mass is 35.5. The zero-order chi connectivity index (χ0) is 15.5. The second-order valence-electron chi connectivity index (χ2n) is 4.93.